The number of hydrogen-bond acceptors (Lipinski definition) is 4. The Kier molecular flexibility index (Phi) is 3.06. The lowest BCUT2D eigenvalue weighted by molar-refractivity contribution is 0.257. The van der Waals surface area contributed by atoms with E-state index in [1.807, 2.05) is 6.07 Å². The van der Waals surface area contributed by atoms with Crippen LogP contribution >= 0.6 is 0 Å². The SMILES string of the molecule is CN1CCC(N=C2NS(=O)(=O)c3ccccc32)CC1. The first-order valence-corrected chi connectivity index (χ1v) is 7.93. The van der Waals surface area contributed by atoms with E-state index in [0.29, 0.717) is 16.3 Å². The van der Waals surface area contributed by atoms with Gasteiger partial charge in [0.05, 0.1) is 10.9 Å². The molecule has 0 atom stereocenters. The number of benzene rings is 1. The van der Waals surface area contributed by atoms with Gasteiger partial charge in [-0.15, -0.1) is 0 Å². The highest BCUT2D eigenvalue weighted by Gasteiger charge is 2.31. The second-order valence-corrected chi connectivity index (χ2v) is 6.76. The summed E-state index contributed by atoms with van der Waals surface area (Å²) in [7, 11) is -1.31. The van der Waals surface area contributed by atoms with Crippen molar-refractivity contribution < 1.29 is 8.42 Å². The second-order valence-electron chi connectivity index (χ2n) is 5.11. The molecule has 1 aromatic carbocycles. The third kappa shape index (κ3) is 2.37. The average molecular weight is 279 g/mol. The van der Waals surface area contributed by atoms with Crippen molar-refractivity contribution in [2.45, 2.75) is 23.8 Å². The van der Waals surface area contributed by atoms with Gasteiger partial charge >= 0.3 is 0 Å². The number of sulfonamides is 1. The van der Waals surface area contributed by atoms with Gasteiger partial charge in [0.1, 0.15) is 5.84 Å². The zero-order valence-corrected chi connectivity index (χ0v) is 11.7. The number of amidine groups is 1. The van der Waals surface area contributed by atoms with Crippen LogP contribution in [-0.2, 0) is 10.0 Å². The summed E-state index contributed by atoms with van der Waals surface area (Å²) >= 11 is 0. The summed E-state index contributed by atoms with van der Waals surface area (Å²) in [6, 6.07) is 7.21. The molecule has 0 aliphatic carbocycles. The predicted molar refractivity (Wildman–Crippen MR) is 73.8 cm³/mol. The van der Waals surface area contributed by atoms with Crippen LogP contribution in [0.1, 0.15) is 18.4 Å². The fourth-order valence-electron chi connectivity index (χ4n) is 2.54. The van der Waals surface area contributed by atoms with Crippen LogP contribution in [0.5, 0.6) is 0 Å². The highest BCUT2D eigenvalue weighted by Crippen LogP contribution is 2.23. The summed E-state index contributed by atoms with van der Waals surface area (Å²) < 4.78 is 26.5. The number of nitrogens with one attached hydrogen (secondary N) is 1. The molecule has 102 valence electrons. The Hall–Kier alpha value is -1.40. The minimum absolute atomic E-state index is 0.208. The molecule has 6 heteroatoms. The molecule has 2 heterocycles. The molecule has 1 fully saturated rings. The highest BCUT2D eigenvalue weighted by molar-refractivity contribution is 7.90. The summed E-state index contributed by atoms with van der Waals surface area (Å²) in [6.07, 6.45) is 1.95. The first kappa shape index (κ1) is 12.6. The van der Waals surface area contributed by atoms with Gasteiger partial charge in [-0.25, -0.2) is 8.42 Å². The molecule has 1 saturated heterocycles. The fourth-order valence-corrected chi connectivity index (χ4v) is 3.78. The molecule has 19 heavy (non-hydrogen) atoms. The highest BCUT2D eigenvalue weighted by atomic mass is 32.2. The quantitative estimate of drug-likeness (QED) is 0.828. The zero-order valence-electron chi connectivity index (χ0n) is 10.8. The van der Waals surface area contributed by atoms with Crippen LogP contribution in [0.2, 0.25) is 0 Å². The monoisotopic (exact) mass is 279 g/mol. The van der Waals surface area contributed by atoms with Crippen LogP contribution in [0.25, 0.3) is 0 Å². The summed E-state index contributed by atoms with van der Waals surface area (Å²) in [5.74, 6) is 0.505. The maximum Gasteiger partial charge on any atom is 0.263 e. The normalized spacial score (nSPS) is 25.2. The van der Waals surface area contributed by atoms with Gasteiger partial charge in [-0.1, -0.05) is 12.1 Å². The summed E-state index contributed by atoms with van der Waals surface area (Å²) in [5, 5.41) is 0. The second kappa shape index (κ2) is 4.61. The van der Waals surface area contributed by atoms with E-state index >= 15 is 0 Å². The molecule has 1 N–H and O–H groups in total. The van der Waals surface area contributed by atoms with Crippen LogP contribution < -0.4 is 4.72 Å². The Bertz CT molecular complexity index is 617. The molecule has 0 bridgehead atoms. The van der Waals surface area contributed by atoms with Crippen molar-refractivity contribution in [3.63, 3.8) is 0 Å². The molecule has 0 unspecified atom stereocenters. The average Bonchev–Trinajstić information content (AvgIpc) is 2.65. The number of hydrogen-bond donors (Lipinski definition) is 1. The molecule has 0 spiro atoms. The molecule has 5 nitrogen and oxygen atoms in total. The molecule has 2 aliphatic heterocycles. The lowest BCUT2D eigenvalue weighted by Crippen LogP contribution is -2.33. The predicted octanol–water partition coefficient (Wildman–Crippen LogP) is 0.819. The largest absolute Gasteiger partial charge is 0.306 e. The number of rotatable bonds is 1. The van der Waals surface area contributed by atoms with E-state index in [4.69, 9.17) is 0 Å². The third-order valence-corrected chi connectivity index (χ3v) is 5.06. The molecule has 2 aliphatic rings. The van der Waals surface area contributed by atoms with E-state index in [2.05, 4.69) is 21.7 Å². The molecule has 3 rings (SSSR count). The van der Waals surface area contributed by atoms with Gasteiger partial charge in [-0.05, 0) is 45.1 Å². The van der Waals surface area contributed by atoms with E-state index in [9.17, 15) is 8.42 Å². The molecule has 0 saturated carbocycles. The van der Waals surface area contributed by atoms with Gasteiger partial charge in [0.25, 0.3) is 10.0 Å². The summed E-state index contributed by atoms with van der Waals surface area (Å²) in [4.78, 5) is 7.21. The van der Waals surface area contributed by atoms with E-state index in [1.54, 1.807) is 18.2 Å². The van der Waals surface area contributed by atoms with Crippen LogP contribution in [-0.4, -0.2) is 45.3 Å². The topological polar surface area (TPSA) is 61.8 Å². The van der Waals surface area contributed by atoms with E-state index in [1.165, 1.54) is 0 Å². The van der Waals surface area contributed by atoms with Gasteiger partial charge < -0.3 is 4.90 Å². The Balaban J connectivity index is 1.91. The number of piperidine rings is 1. The van der Waals surface area contributed by atoms with Crippen molar-refractivity contribution in [2.75, 3.05) is 20.1 Å². The molecule has 0 radical (unpaired) electrons. The zero-order chi connectivity index (χ0) is 13.5. The van der Waals surface area contributed by atoms with Gasteiger partial charge in [-0.2, -0.15) is 0 Å². The summed E-state index contributed by atoms with van der Waals surface area (Å²) in [5.41, 5.74) is 0.696. The van der Waals surface area contributed by atoms with Crippen molar-refractivity contribution in [3.05, 3.63) is 29.8 Å². The summed E-state index contributed by atoms with van der Waals surface area (Å²) in [6.45, 7) is 2.02. The van der Waals surface area contributed by atoms with E-state index in [-0.39, 0.29) is 6.04 Å². The molecule has 0 amide bonds. The lowest BCUT2D eigenvalue weighted by Gasteiger charge is -2.26. The van der Waals surface area contributed by atoms with Crippen molar-refractivity contribution in [3.8, 4) is 0 Å². The number of fused-ring (bicyclic) bond motifs is 1. The maximum absolute atomic E-state index is 12.0. The van der Waals surface area contributed by atoms with Gasteiger partial charge in [0.15, 0.2) is 0 Å². The lowest BCUT2D eigenvalue weighted by atomic mass is 10.1. The Morgan fingerprint density at radius 3 is 2.68 bits per heavy atom. The maximum atomic E-state index is 12.0. The van der Waals surface area contributed by atoms with Crippen LogP contribution in [0.15, 0.2) is 34.2 Å². The minimum atomic E-state index is -3.41. The fraction of sp³-hybridized carbons (Fsp3) is 0.462. The molecule has 1 aromatic rings. The molecular formula is C13H17N3O2S. The smallest absolute Gasteiger partial charge is 0.263 e. The first-order chi connectivity index (χ1) is 9.06. The Labute approximate surface area is 113 Å². The van der Waals surface area contributed by atoms with Gasteiger partial charge in [-0.3, -0.25) is 9.71 Å². The van der Waals surface area contributed by atoms with Crippen LogP contribution in [0, 0.1) is 0 Å². The number of likely N-dealkylation sites (tertiary alicyclic amines) is 1. The Morgan fingerprint density at radius 2 is 1.95 bits per heavy atom. The number of aliphatic imine (C=N–C) groups is 1. The van der Waals surface area contributed by atoms with E-state index in [0.717, 1.165) is 25.9 Å². The standard InChI is InChI=1S/C13H17N3O2S/c1-16-8-6-10(7-9-16)14-13-11-4-2-3-5-12(11)19(17,18)15-13/h2-5,10H,6-9H2,1H3,(H,14,15). The van der Waals surface area contributed by atoms with Crippen LogP contribution in [0.4, 0.5) is 0 Å². The molecular weight excluding hydrogens is 262 g/mol. The van der Waals surface area contributed by atoms with Crippen molar-refractivity contribution in [1.29, 1.82) is 0 Å². The van der Waals surface area contributed by atoms with Gasteiger partial charge in [0.2, 0.25) is 0 Å². The Morgan fingerprint density at radius 1 is 1.26 bits per heavy atom. The van der Waals surface area contributed by atoms with Gasteiger partial charge in [0, 0.05) is 5.56 Å². The number of nitrogens with zero attached hydrogens (tertiary/aromatic N) is 2. The van der Waals surface area contributed by atoms with E-state index < -0.39 is 10.0 Å². The van der Waals surface area contributed by atoms with Crippen molar-refractivity contribution >= 4 is 15.9 Å². The van der Waals surface area contributed by atoms with Crippen molar-refractivity contribution in [1.82, 2.24) is 9.62 Å². The van der Waals surface area contributed by atoms with Crippen LogP contribution in [0.3, 0.4) is 0 Å². The molecule has 0 aromatic heterocycles. The van der Waals surface area contributed by atoms with Crippen molar-refractivity contribution in [2.24, 2.45) is 4.99 Å². The minimum Gasteiger partial charge on any atom is -0.306 e. The first-order valence-electron chi connectivity index (χ1n) is 6.45. The third-order valence-electron chi connectivity index (χ3n) is 3.66.